The zero-order valence-electron chi connectivity index (χ0n) is 10.9. The average molecular weight is 294 g/mol. The number of carbonyl (C=O) groups excluding carboxylic acids is 1. The third-order valence-corrected chi connectivity index (χ3v) is 4.83. The van der Waals surface area contributed by atoms with E-state index >= 15 is 0 Å². The van der Waals surface area contributed by atoms with Gasteiger partial charge in [-0.25, -0.2) is 9.52 Å². The van der Waals surface area contributed by atoms with Gasteiger partial charge in [-0.1, -0.05) is 6.92 Å². The van der Waals surface area contributed by atoms with Crippen LogP contribution in [-0.2, 0) is 19.7 Å². The maximum atomic E-state index is 11.9. The molecule has 1 aliphatic rings. The van der Waals surface area contributed by atoms with Crippen LogP contribution in [0.3, 0.4) is 0 Å². The largest absolute Gasteiger partial charge is 0.481 e. The maximum Gasteiger partial charge on any atom is 0.421 e. The molecule has 0 aliphatic carbocycles. The lowest BCUT2D eigenvalue weighted by Crippen LogP contribution is -2.53. The van der Waals surface area contributed by atoms with E-state index in [9.17, 15) is 23.1 Å². The average Bonchev–Trinajstić information content (AvgIpc) is 2.37. The van der Waals surface area contributed by atoms with Crippen molar-refractivity contribution in [2.45, 2.75) is 26.2 Å². The number of aliphatic carboxylic acids is 1. The van der Waals surface area contributed by atoms with Crippen molar-refractivity contribution in [1.82, 2.24) is 9.03 Å². The Bertz CT molecular complexity index is 463. The minimum absolute atomic E-state index is 0.148. The minimum atomic E-state index is -4.06. The summed E-state index contributed by atoms with van der Waals surface area (Å²) in [7, 11) is -3.01. The number of nitrogens with one attached hydrogen (secondary N) is 1. The van der Waals surface area contributed by atoms with Crippen LogP contribution in [0.1, 0.15) is 26.2 Å². The molecule has 0 spiro atoms. The highest BCUT2D eigenvalue weighted by molar-refractivity contribution is 7.87. The normalized spacial score (nSPS) is 24.7. The quantitative estimate of drug-likeness (QED) is 0.764. The number of amides is 1. The zero-order chi connectivity index (χ0) is 14.7. The van der Waals surface area contributed by atoms with Gasteiger partial charge in [0.05, 0.1) is 12.5 Å². The zero-order valence-corrected chi connectivity index (χ0v) is 11.7. The number of carbonyl (C=O) groups is 2. The molecule has 0 aromatic rings. The number of carboxylic acids is 1. The van der Waals surface area contributed by atoms with Gasteiger partial charge in [0.15, 0.2) is 0 Å². The van der Waals surface area contributed by atoms with E-state index in [1.54, 1.807) is 11.6 Å². The smallest absolute Gasteiger partial charge is 0.421 e. The Kier molecular flexibility index (Phi) is 4.75. The lowest BCUT2D eigenvalue weighted by atomic mass is 9.78. The van der Waals surface area contributed by atoms with Crippen molar-refractivity contribution < 1.29 is 27.9 Å². The van der Waals surface area contributed by atoms with Crippen LogP contribution in [0.15, 0.2) is 0 Å². The number of piperidine rings is 1. The molecule has 0 saturated carbocycles. The third-order valence-electron chi connectivity index (χ3n) is 3.41. The molecule has 110 valence electrons. The van der Waals surface area contributed by atoms with Crippen LogP contribution in [-0.4, -0.2) is 50.1 Å². The summed E-state index contributed by atoms with van der Waals surface area (Å²) >= 11 is 0. The molecule has 0 radical (unpaired) electrons. The fourth-order valence-electron chi connectivity index (χ4n) is 2.12. The Balaban J connectivity index is 2.90. The summed E-state index contributed by atoms with van der Waals surface area (Å²) in [6.07, 6.45) is 0.0840. The Morgan fingerprint density at radius 3 is 2.58 bits per heavy atom. The third kappa shape index (κ3) is 3.35. The van der Waals surface area contributed by atoms with Gasteiger partial charge < -0.3 is 9.84 Å². The summed E-state index contributed by atoms with van der Waals surface area (Å²) in [5.41, 5.74) is -1.09. The van der Waals surface area contributed by atoms with Gasteiger partial charge in [0.1, 0.15) is 0 Å². The Morgan fingerprint density at radius 2 is 2.11 bits per heavy atom. The first-order chi connectivity index (χ1) is 8.77. The number of carboxylic acid groups (broad SMARTS) is 1. The van der Waals surface area contributed by atoms with Crippen LogP contribution in [0.4, 0.5) is 4.79 Å². The molecule has 1 atom stereocenters. The summed E-state index contributed by atoms with van der Waals surface area (Å²) in [5, 5.41) is 9.27. The van der Waals surface area contributed by atoms with Crippen LogP contribution < -0.4 is 4.72 Å². The van der Waals surface area contributed by atoms with Gasteiger partial charge in [-0.3, -0.25) is 4.79 Å². The van der Waals surface area contributed by atoms with E-state index in [-0.39, 0.29) is 13.1 Å². The molecule has 1 aliphatic heterocycles. The first-order valence-corrected chi connectivity index (χ1v) is 7.30. The molecule has 1 heterocycles. The first-order valence-electron chi connectivity index (χ1n) is 5.86. The number of nitrogens with zero attached hydrogens (tertiary/aromatic N) is 1. The highest BCUT2D eigenvalue weighted by Gasteiger charge is 2.44. The second-order valence-corrected chi connectivity index (χ2v) is 6.15. The van der Waals surface area contributed by atoms with Crippen LogP contribution in [0.25, 0.3) is 0 Å². The monoisotopic (exact) mass is 294 g/mol. The van der Waals surface area contributed by atoms with E-state index in [0.29, 0.717) is 19.3 Å². The minimum Gasteiger partial charge on any atom is -0.481 e. The molecule has 0 aromatic heterocycles. The lowest BCUT2D eigenvalue weighted by molar-refractivity contribution is -0.151. The number of ether oxygens (including phenoxy) is 1. The first kappa shape index (κ1) is 15.7. The lowest BCUT2D eigenvalue weighted by Gasteiger charge is -2.38. The molecule has 19 heavy (non-hydrogen) atoms. The molecular formula is C10H18N2O6S. The van der Waals surface area contributed by atoms with Crippen molar-refractivity contribution in [1.29, 1.82) is 0 Å². The summed E-state index contributed by atoms with van der Waals surface area (Å²) in [5.74, 6) is -1.02. The Labute approximate surface area is 111 Å². The molecule has 0 bridgehead atoms. The van der Waals surface area contributed by atoms with Gasteiger partial charge in [0, 0.05) is 13.1 Å². The SMILES string of the molecule is CCC1(C(=O)O)CCCN(S(=O)(=O)NC(=O)OC)C1. The van der Waals surface area contributed by atoms with E-state index in [4.69, 9.17) is 0 Å². The van der Waals surface area contributed by atoms with Crippen molar-refractivity contribution in [2.24, 2.45) is 5.41 Å². The second kappa shape index (κ2) is 5.74. The van der Waals surface area contributed by atoms with Crippen molar-refractivity contribution >= 4 is 22.3 Å². The molecule has 1 unspecified atom stereocenters. The van der Waals surface area contributed by atoms with Crippen LogP contribution >= 0.6 is 0 Å². The Morgan fingerprint density at radius 1 is 1.47 bits per heavy atom. The predicted molar refractivity (Wildman–Crippen MR) is 65.6 cm³/mol. The van der Waals surface area contributed by atoms with Gasteiger partial charge in [-0.15, -0.1) is 0 Å². The fourth-order valence-corrected chi connectivity index (χ4v) is 3.33. The molecular weight excluding hydrogens is 276 g/mol. The van der Waals surface area contributed by atoms with Crippen LogP contribution in [0.2, 0.25) is 0 Å². The Hall–Kier alpha value is -1.35. The van der Waals surface area contributed by atoms with Crippen molar-refractivity contribution in [3.63, 3.8) is 0 Å². The summed E-state index contributed by atoms with van der Waals surface area (Å²) < 4.78 is 30.7. The van der Waals surface area contributed by atoms with E-state index < -0.39 is 27.7 Å². The van der Waals surface area contributed by atoms with E-state index in [1.807, 2.05) is 0 Å². The van der Waals surface area contributed by atoms with Crippen LogP contribution in [0.5, 0.6) is 0 Å². The van der Waals surface area contributed by atoms with Crippen molar-refractivity contribution in [3.8, 4) is 0 Å². The highest BCUT2D eigenvalue weighted by Crippen LogP contribution is 2.34. The van der Waals surface area contributed by atoms with Crippen LogP contribution in [0, 0.1) is 5.41 Å². The summed E-state index contributed by atoms with van der Waals surface area (Å²) in [4.78, 5) is 22.3. The van der Waals surface area contributed by atoms with Gasteiger partial charge in [-0.2, -0.15) is 12.7 Å². The van der Waals surface area contributed by atoms with Gasteiger partial charge in [0.2, 0.25) is 0 Å². The number of hydrogen-bond acceptors (Lipinski definition) is 5. The standard InChI is InChI=1S/C10H18N2O6S/c1-3-10(8(13)14)5-4-6-12(7-10)19(16,17)11-9(15)18-2/h3-7H2,1-2H3,(H,11,15)(H,13,14). The maximum absolute atomic E-state index is 11.9. The van der Waals surface area contributed by atoms with E-state index in [2.05, 4.69) is 4.74 Å². The van der Waals surface area contributed by atoms with Crippen molar-refractivity contribution in [3.05, 3.63) is 0 Å². The van der Waals surface area contributed by atoms with E-state index in [0.717, 1.165) is 11.4 Å². The molecule has 1 fully saturated rings. The van der Waals surface area contributed by atoms with E-state index in [1.165, 1.54) is 0 Å². The van der Waals surface area contributed by atoms with Gasteiger partial charge in [-0.05, 0) is 19.3 Å². The topological polar surface area (TPSA) is 113 Å². The second-order valence-electron chi connectivity index (χ2n) is 4.47. The number of methoxy groups -OCH3 is 1. The molecule has 0 aromatic carbocycles. The highest BCUT2D eigenvalue weighted by atomic mass is 32.2. The van der Waals surface area contributed by atoms with Crippen molar-refractivity contribution in [2.75, 3.05) is 20.2 Å². The molecule has 9 heteroatoms. The predicted octanol–water partition coefficient (Wildman–Crippen LogP) is 0.164. The molecule has 1 rings (SSSR count). The number of hydrogen-bond donors (Lipinski definition) is 2. The molecule has 8 nitrogen and oxygen atoms in total. The fraction of sp³-hybridized carbons (Fsp3) is 0.800. The molecule has 1 saturated heterocycles. The summed E-state index contributed by atoms with van der Waals surface area (Å²) in [6.45, 7) is 1.74. The van der Waals surface area contributed by atoms with Gasteiger partial charge >= 0.3 is 22.3 Å². The number of rotatable bonds is 4. The molecule has 1 amide bonds. The molecule has 2 N–H and O–H groups in total. The van der Waals surface area contributed by atoms with Gasteiger partial charge in [0.25, 0.3) is 0 Å². The summed E-state index contributed by atoms with van der Waals surface area (Å²) in [6, 6.07) is 0.